The van der Waals surface area contributed by atoms with Crippen molar-refractivity contribution < 1.29 is 14.3 Å². The standard InChI is InChI=1S/C19H20N4O4/c24-16-8-7-15(20-21-16)18(26)22-10-4-9-19(12-22)13-23(17(25)11-27-19)14-5-2-1-3-6-14/h1-3,5-8H,4,9-13H2,(H,21,24). The molecule has 2 aromatic rings. The molecule has 8 nitrogen and oxygen atoms in total. The van der Waals surface area contributed by atoms with E-state index in [4.69, 9.17) is 4.74 Å². The Kier molecular flexibility index (Phi) is 4.49. The quantitative estimate of drug-likeness (QED) is 0.846. The average Bonchev–Trinajstić information content (AvgIpc) is 2.71. The summed E-state index contributed by atoms with van der Waals surface area (Å²) in [5.74, 6) is -0.338. The topological polar surface area (TPSA) is 95.6 Å². The van der Waals surface area contributed by atoms with E-state index < -0.39 is 5.60 Å². The summed E-state index contributed by atoms with van der Waals surface area (Å²) < 4.78 is 5.94. The Hall–Kier alpha value is -3.00. The number of nitrogens with zero attached hydrogens (tertiary/aromatic N) is 3. The molecule has 1 N–H and O–H groups in total. The number of nitrogens with one attached hydrogen (secondary N) is 1. The van der Waals surface area contributed by atoms with Crippen molar-refractivity contribution in [3.63, 3.8) is 0 Å². The van der Waals surface area contributed by atoms with E-state index in [0.717, 1.165) is 18.5 Å². The van der Waals surface area contributed by atoms with Gasteiger partial charge in [-0.25, -0.2) is 5.10 Å². The van der Waals surface area contributed by atoms with Crippen LogP contribution in [0.3, 0.4) is 0 Å². The molecule has 0 radical (unpaired) electrons. The molecule has 1 spiro atoms. The van der Waals surface area contributed by atoms with Gasteiger partial charge in [-0.05, 0) is 31.0 Å². The molecule has 140 valence electrons. The first kappa shape index (κ1) is 17.4. The molecule has 8 heteroatoms. The fraction of sp³-hybridized carbons (Fsp3) is 0.368. The highest BCUT2D eigenvalue weighted by atomic mass is 16.5. The van der Waals surface area contributed by atoms with Gasteiger partial charge in [0.25, 0.3) is 17.4 Å². The molecule has 0 saturated carbocycles. The Balaban J connectivity index is 1.54. The van der Waals surface area contributed by atoms with Crippen LogP contribution >= 0.6 is 0 Å². The number of likely N-dealkylation sites (tertiary alicyclic amines) is 1. The number of benzene rings is 1. The summed E-state index contributed by atoms with van der Waals surface area (Å²) in [5, 5.41) is 6.12. The molecule has 1 aromatic heterocycles. The molecular formula is C19H20N4O4. The zero-order valence-corrected chi connectivity index (χ0v) is 14.8. The first-order valence-electron chi connectivity index (χ1n) is 8.91. The lowest BCUT2D eigenvalue weighted by atomic mass is 9.90. The number of hydrogen-bond donors (Lipinski definition) is 1. The molecule has 1 unspecified atom stereocenters. The SMILES string of the molecule is O=C(c1ccc(=O)[nH]n1)N1CCCC2(C1)CN(c1ccccc1)C(=O)CO2. The lowest BCUT2D eigenvalue weighted by molar-refractivity contribution is -0.144. The summed E-state index contributed by atoms with van der Waals surface area (Å²) >= 11 is 0. The Labute approximate surface area is 155 Å². The number of piperidine rings is 1. The summed E-state index contributed by atoms with van der Waals surface area (Å²) in [6.45, 7) is 1.36. The summed E-state index contributed by atoms with van der Waals surface area (Å²) in [5.41, 5.74) is 0.0727. The number of aromatic amines is 1. The summed E-state index contributed by atoms with van der Waals surface area (Å²) in [6.07, 6.45) is 1.54. The van der Waals surface area contributed by atoms with E-state index in [1.54, 1.807) is 9.80 Å². The third-order valence-electron chi connectivity index (χ3n) is 5.04. The van der Waals surface area contributed by atoms with Crippen LogP contribution < -0.4 is 10.5 Å². The van der Waals surface area contributed by atoms with Crippen molar-refractivity contribution in [2.75, 3.05) is 31.1 Å². The van der Waals surface area contributed by atoms with Gasteiger partial charge < -0.3 is 14.5 Å². The van der Waals surface area contributed by atoms with Crippen molar-refractivity contribution in [1.29, 1.82) is 0 Å². The fourth-order valence-corrected chi connectivity index (χ4v) is 3.70. The Morgan fingerprint density at radius 1 is 1.11 bits per heavy atom. The van der Waals surface area contributed by atoms with Gasteiger partial charge in [-0.15, -0.1) is 0 Å². The van der Waals surface area contributed by atoms with E-state index in [1.165, 1.54) is 12.1 Å². The Morgan fingerprint density at radius 2 is 1.93 bits per heavy atom. The van der Waals surface area contributed by atoms with Gasteiger partial charge in [0.1, 0.15) is 17.9 Å². The number of aromatic nitrogens is 2. The van der Waals surface area contributed by atoms with E-state index in [2.05, 4.69) is 10.2 Å². The zero-order valence-electron chi connectivity index (χ0n) is 14.8. The van der Waals surface area contributed by atoms with Crippen molar-refractivity contribution >= 4 is 17.5 Å². The second-order valence-electron chi connectivity index (χ2n) is 6.92. The molecule has 1 aromatic carbocycles. The third kappa shape index (κ3) is 3.48. The Morgan fingerprint density at radius 3 is 2.67 bits per heavy atom. The van der Waals surface area contributed by atoms with Gasteiger partial charge in [0.15, 0.2) is 0 Å². The molecule has 0 aliphatic carbocycles. The zero-order chi connectivity index (χ0) is 18.9. The molecule has 2 aliphatic heterocycles. The van der Waals surface area contributed by atoms with Crippen molar-refractivity contribution in [3.05, 3.63) is 58.5 Å². The van der Waals surface area contributed by atoms with Crippen LogP contribution in [0.1, 0.15) is 23.3 Å². The van der Waals surface area contributed by atoms with Crippen LogP contribution in [-0.4, -0.2) is 58.8 Å². The molecule has 1 atom stereocenters. The summed E-state index contributed by atoms with van der Waals surface area (Å²) in [7, 11) is 0. The number of hydrogen-bond acceptors (Lipinski definition) is 5. The minimum absolute atomic E-state index is 0.00612. The highest BCUT2D eigenvalue weighted by Crippen LogP contribution is 2.32. The van der Waals surface area contributed by atoms with Crippen LogP contribution in [-0.2, 0) is 9.53 Å². The lowest BCUT2D eigenvalue weighted by Crippen LogP contribution is -2.62. The number of amides is 2. The molecule has 4 rings (SSSR count). The highest BCUT2D eigenvalue weighted by Gasteiger charge is 2.44. The van der Waals surface area contributed by atoms with Gasteiger partial charge in [-0.2, -0.15) is 5.10 Å². The number of carbonyl (C=O) groups is 2. The lowest BCUT2D eigenvalue weighted by Gasteiger charge is -2.47. The summed E-state index contributed by atoms with van der Waals surface area (Å²) in [6, 6.07) is 12.2. The molecule has 3 heterocycles. The maximum Gasteiger partial charge on any atom is 0.274 e. The molecule has 0 bridgehead atoms. The van der Waals surface area contributed by atoms with Crippen LogP contribution in [0.2, 0.25) is 0 Å². The summed E-state index contributed by atoms with van der Waals surface area (Å²) in [4.78, 5) is 39.7. The maximum atomic E-state index is 12.8. The third-order valence-corrected chi connectivity index (χ3v) is 5.04. The van der Waals surface area contributed by atoms with Crippen LogP contribution in [0.15, 0.2) is 47.3 Å². The maximum absolute atomic E-state index is 12.8. The predicted octanol–water partition coefficient (Wildman–Crippen LogP) is 0.808. The van der Waals surface area contributed by atoms with E-state index in [0.29, 0.717) is 19.6 Å². The number of rotatable bonds is 2. The first-order chi connectivity index (χ1) is 13.1. The number of H-pyrrole nitrogens is 1. The van der Waals surface area contributed by atoms with Crippen molar-refractivity contribution in [2.45, 2.75) is 18.4 Å². The molecule has 27 heavy (non-hydrogen) atoms. The van der Waals surface area contributed by atoms with Crippen LogP contribution in [0, 0.1) is 0 Å². The van der Waals surface area contributed by atoms with E-state index in [1.807, 2.05) is 30.3 Å². The number of anilines is 1. The second-order valence-corrected chi connectivity index (χ2v) is 6.92. The highest BCUT2D eigenvalue weighted by molar-refractivity contribution is 5.95. The average molecular weight is 368 g/mol. The second kappa shape index (κ2) is 6.96. The Bertz CT molecular complexity index is 893. The smallest absolute Gasteiger partial charge is 0.274 e. The van der Waals surface area contributed by atoms with Crippen molar-refractivity contribution in [2.24, 2.45) is 0 Å². The molecule has 2 amide bonds. The van der Waals surface area contributed by atoms with E-state index >= 15 is 0 Å². The van der Waals surface area contributed by atoms with Crippen LogP contribution in [0.5, 0.6) is 0 Å². The van der Waals surface area contributed by atoms with Gasteiger partial charge in [0, 0.05) is 18.3 Å². The van der Waals surface area contributed by atoms with E-state index in [9.17, 15) is 14.4 Å². The normalized spacial score (nSPS) is 22.9. The van der Waals surface area contributed by atoms with Crippen molar-refractivity contribution in [3.8, 4) is 0 Å². The largest absolute Gasteiger partial charge is 0.361 e. The molecular weight excluding hydrogens is 348 g/mol. The van der Waals surface area contributed by atoms with Gasteiger partial charge in [-0.3, -0.25) is 14.4 Å². The number of ether oxygens (including phenoxy) is 1. The van der Waals surface area contributed by atoms with Gasteiger partial charge in [0.2, 0.25) is 0 Å². The van der Waals surface area contributed by atoms with Crippen LogP contribution in [0.4, 0.5) is 5.69 Å². The fourth-order valence-electron chi connectivity index (χ4n) is 3.70. The molecule has 2 saturated heterocycles. The van der Waals surface area contributed by atoms with Gasteiger partial charge in [0.05, 0.1) is 13.1 Å². The van der Waals surface area contributed by atoms with Crippen LogP contribution in [0.25, 0.3) is 0 Å². The minimum atomic E-state index is -0.597. The van der Waals surface area contributed by atoms with E-state index in [-0.39, 0.29) is 29.7 Å². The molecule has 2 fully saturated rings. The number of para-hydroxylation sites is 1. The first-order valence-corrected chi connectivity index (χ1v) is 8.91. The van der Waals surface area contributed by atoms with Gasteiger partial charge in [-0.1, -0.05) is 18.2 Å². The monoisotopic (exact) mass is 368 g/mol. The number of carbonyl (C=O) groups excluding carboxylic acids is 2. The van der Waals surface area contributed by atoms with Gasteiger partial charge >= 0.3 is 0 Å². The number of morpholine rings is 1. The molecule has 2 aliphatic rings. The minimum Gasteiger partial charge on any atom is -0.361 e. The predicted molar refractivity (Wildman–Crippen MR) is 97.5 cm³/mol. The van der Waals surface area contributed by atoms with Crippen molar-refractivity contribution in [1.82, 2.24) is 15.1 Å².